The lowest BCUT2D eigenvalue weighted by molar-refractivity contribution is -0.137. The van der Waals surface area contributed by atoms with Gasteiger partial charge in [0, 0.05) is 0 Å². The Hall–Kier alpha value is -1.91. The third-order valence-electron chi connectivity index (χ3n) is 1.89. The number of carbonyl (C=O) groups is 1. The van der Waals surface area contributed by atoms with Gasteiger partial charge in [-0.25, -0.2) is 9.37 Å². The van der Waals surface area contributed by atoms with Crippen LogP contribution in [0, 0.1) is 5.82 Å². The molecule has 72 valence electrons. The van der Waals surface area contributed by atoms with Gasteiger partial charge < -0.3 is 9.67 Å². The van der Waals surface area contributed by atoms with E-state index >= 15 is 0 Å². The molecule has 1 aromatic carbocycles. The van der Waals surface area contributed by atoms with Crippen molar-refractivity contribution in [3.05, 3.63) is 30.3 Å². The maximum atomic E-state index is 13.3. The second-order valence-electron chi connectivity index (χ2n) is 2.87. The van der Waals surface area contributed by atoms with E-state index in [1.807, 2.05) is 0 Å². The molecule has 14 heavy (non-hydrogen) atoms. The Morgan fingerprint density at radius 1 is 1.57 bits per heavy atom. The number of carboxylic acid groups (broad SMARTS) is 1. The average molecular weight is 194 g/mol. The van der Waals surface area contributed by atoms with Crippen LogP contribution < -0.4 is 0 Å². The molecule has 0 bridgehead atoms. The first-order valence-corrected chi connectivity index (χ1v) is 3.99. The fourth-order valence-corrected chi connectivity index (χ4v) is 1.35. The van der Waals surface area contributed by atoms with E-state index in [2.05, 4.69) is 4.98 Å². The summed E-state index contributed by atoms with van der Waals surface area (Å²) in [6, 6.07) is 4.45. The molecule has 2 aromatic rings. The van der Waals surface area contributed by atoms with Crippen molar-refractivity contribution in [3.8, 4) is 0 Å². The summed E-state index contributed by atoms with van der Waals surface area (Å²) >= 11 is 0. The lowest BCUT2D eigenvalue weighted by Crippen LogP contribution is -2.07. The van der Waals surface area contributed by atoms with Gasteiger partial charge in [0.05, 0.1) is 11.8 Å². The molecule has 0 fully saturated rings. The zero-order chi connectivity index (χ0) is 10.1. The van der Waals surface area contributed by atoms with Gasteiger partial charge in [0.2, 0.25) is 0 Å². The molecule has 1 N–H and O–H groups in total. The number of halogens is 1. The molecule has 0 unspecified atom stereocenters. The van der Waals surface area contributed by atoms with E-state index < -0.39 is 11.8 Å². The Morgan fingerprint density at radius 2 is 2.36 bits per heavy atom. The monoisotopic (exact) mass is 194 g/mol. The Balaban J connectivity index is 2.61. The molecule has 2 rings (SSSR count). The van der Waals surface area contributed by atoms with Gasteiger partial charge in [-0.1, -0.05) is 6.07 Å². The van der Waals surface area contributed by atoms with Crippen molar-refractivity contribution in [2.75, 3.05) is 0 Å². The highest BCUT2D eigenvalue weighted by Gasteiger charge is 2.09. The van der Waals surface area contributed by atoms with Crippen molar-refractivity contribution >= 4 is 17.0 Å². The number of hydrogen-bond acceptors (Lipinski definition) is 2. The first-order chi connectivity index (χ1) is 6.68. The normalized spacial score (nSPS) is 10.6. The van der Waals surface area contributed by atoms with Crippen LogP contribution in [0.25, 0.3) is 11.0 Å². The van der Waals surface area contributed by atoms with Gasteiger partial charge in [-0.3, -0.25) is 4.79 Å². The van der Waals surface area contributed by atoms with Crippen LogP contribution in [-0.4, -0.2) is 20.6 Å². The summed E-state index contributed by atoms with van der Waals surface area (Å²) in [6.45, 7) is -0.280. The molecule has 0 spiro atoms. The van der Waals surface area contributed by atoms with E-state index in [4.69, 9.17) is 5.11 Å². The number of nitrogens with zero attached hydrogens (tertiary/aromatic N) is 2. The third-order valence-corrected chi connectivity index (χ3v) is 1.89. The molecule has 0 aliphatic heterocycles. The van der Waals surface area contributed by atoms with E-state index in [9.17, 15) is 9.18 Å². The fourth-order valence-electron chi connectivity index (χ4n) is 1.35. The molecule has 5 heteroatoms. The number of hydrogen-bond donors (Lipinski definition) is 1. The topological polar surface area (TPSA) is 55.1 Å². The highest BCUT2D eigenvalue weighted by Crippen LogP contribution is 2.15. The highest BCUT2D eigenvalue weighted by atomic mass is 19.1. The molecule has 0 amide bonds. The molecule has 1 heterocycles. The molecule has 0 aliphatic carbocycles. The molecule has 0 aliphatic rings. The van der Waals surface area contributed by atoms with Gasteiger partial charge in [0.1, 0.15) is 17.9 Å². The molecule has 0 saturated heterocycles. The van der Waals surface area contributed by atoms with Crippen LogP contribution >= 0.6 is 0 Å². The molecule has 1 aromatic heterocycles. The van der Waals surface area contributed by atoms with Crippen molar-refractivity contribution in [2.45, 2.75) is 6.54 Å². The van der Waals surface area contributed by atoms with Crippen LogP contribution in [0.4, 0.5) is 4.39 Å². The number of fused-ring (bicyclic) bond motifs is 1. The predicted molar refractivity (Wildman–Crippen MR) is 47.3 cm³/mol. The SMILES string of the molecule is O=C(O)Cn1cnc2cccc(F)c21. The van der Waals surface area contributed by atoms with E-state index in [0.29, 0.717) is 5.52 Å². The van der Waals surface area contributed by atoms with Crippen molar-refractivity contribution in [1.82, 2.24) is 9.55 Å². The number of imidazole rings is 1. The molecule has 0 radical (unpaired) electrons. The van der Waals surface area contributed by atoms with E-state index in [1.54, 1.807) is 6.07 Å². The predicted octanol–water partition coefficient (Wildman–Crippen LogP) is 1.26. The van der Waals surface area contributed by atoms with Gasteiger partial charge in [0.15, 0.2) is 0 Å². The van der Waals surface area contributed by atoms with Crippen LogP contribution in [-0.2, 0) is 11.3 Å². The van der Waals surface area contributed by atoms with E-state index in [-0.39, 0.29) is 12.1 Å². The largest absolute Gasteiger partial charge is 0.480 e. The molecule has 0 atom stereocenters. The number of aliphatic carboxylic acids is 1. The molecule has 0 saturated carbocycles. The first kappa shape index (κ1) is 8.68. The Kier molecular flexibility index (Phi) is 1.92. The van der Waals surface area contributed by atoms with Crippen LogP contribution in [0.3, 0.4) is 0 Å². The van der Waals surface area contributed by atoms with Crippen LogP contribution in [0.5, 0.6) is 0 Å². The summed E-state index contributed by atoms with van der Waals surface area (Å²) < 4.78 is 14.5. The Labute approximate surface area is 78.6 Å². The summed E-state index contributed by atoms with van der Waals surface area (Å²) in [5.74, 6) is -1.48. The quantitative estimate of drug-likeness (QED) is 0.782. The first-order valence-electron chi connectivity index (χ1n) is 3.99. The van der Waals surface area contributed by atoms with Crippen molar-refractivity contribution in [3.63, 3.8) is 0 Å². The zero-order valence-corrected chi connectivity index (χ0v) is 7.14. The van der Waals surface area contributed by atoms with Crippen molar-refractivity contribution in [1.29, 1.82) is 0 Å². The molecular weight excluding hydrogens is 187 g/mol. The second-order valence-corrected chi connectivity index (χ2v) is 2.87. The van der Waals surface area contributed by atoms with Crippen LogP contribution in [0.1, 0.15) is 0 Å². The minimum Gasteiger partial charge on any atom is -0.480 e. The van der Waals surface area contributed by atoms with Gasteiger partial charge in [-0.2, -0.15) is 0 Å². The number of benzene rings is 1. The standard InChI is InChI=1S/C9H7FN2O2/c10-6-2-1-3-7-9(6)12(5-11-7)4-8(13)14/h1-3,5H,4H2,(H,13,14). The molecular formula is C9H7FN2O2. The summed E-state index contributed by atoms with van der Waals surface area (Å²) in [7, 11) is 0. The lowest BCUT2D eigenvalue weighted by atomic mass is 10.3. The maximum absolute atomic E-state index is 13.3. The van der Waals surface area contributed by atoms with E-state index in [1.165, 1.54) is 23.0 Å². The summed E-state index contributed by atoms with van der Waals surface area (Å²) in [5.41, 5.74) is 0.696. The minimum atomic E-state index is -1.02. The van der Waals surface area contributed by atoms with E-state index in [0.717, 1.165) is 0 Å². The Morgan fingerprint density at radius 3 is 3.07 bits per heavy atom. The average Bonchev–Trinajstić information content (AvgIpc) is 2.49. The maximum Gasteiger partial charge on any atom is 0.323 e. The van der Waals surface area contributed by atoms with Crippen LogP contribution in [0.2, 0.25) is 0 Å². The number of carboxylic acids is 1. The third kappa shape index (κ3) is 1.32. The van der Waals surface area contributed by atoms with Gasteiger partial charge in [-0.15, -0.1) is 0 Å². The van der Waals surface area contributed by atoms with Crippen LogP contribution in [0.15, 0.2) is 24.5 Å². The summed E-state index contributed by atoms with van der Waals surface area (Å²) in [5, 5.41) is 8.56. The number of rotatable bonds is 2. The minimum absolute atomic E-state index is 0.231. The summed E-state index contributed by atoms with van der Waals surface area (Å²) in [6.07, 6.45) is 1.32. The zero-order valence-electron chi connectivity index (χ0n) is 7.14. The Bertz CT molecular complexity index is 493. The highest BCUT2D eigenvalue weighted by molar-refractivity contribution is 5.78. The van der Waals surface area contributed by atoms with Gasteiger partial charge >= 0.3 is 5.97 Å². The summed E-state index contributed by atoms with van der Waals surface area (Å²) in [4.78, 5) is 14.3. The smallest absolute Gasteiger partial charge is 0.323 e. The fraction of sp³-hybridized carbons (Fsp3) is 0.111. The van der Waals surface area contributed by atoms with Crippen molar-refractivity contribution in [2.24, 2.45) is 0 Å². The lowest BCUT2D eigenvalue weighted by Gasteiger charge is -1.99. The second kappa shape index (κ2) is 3.10. The van der Waals surface area contributed by atoms with Crippen molar-refractivity contribution < 1.29 is 14.3 Å². The number of aromatic nitrogens is 2. The number of para-hydroxylation sites is 1. The van der Waals surface area contributed by atoms with Gasteiger partial charge in [0.25, 0.3) is 0 Å². The van der Waals surface area contributed by atoms with Gasteiger partial charge in [-0.05, 0) is 12.1 Å². The molecule has 4 nitrogen and oxygen atoms in total.